The first-order chi connectivity index (χ1) is 7.75. The van der Waals surface area contributed by atoms with E-state index in [1.165, 1.54) is 58.2 Å². The summed E-state index contributed by atoms with van der Waals surface area (Å²) >= 11 is 0. The van der Waals surface area contributed by atoms with E-state index >= 15 is 0 Å². The van der Waals surface area contributed by atoms with Gasteiger partial charge in [0.1, 0.15) is 0 Å². The molecule has 1 aliphatic carbocycles. The van der Waals surface area contributed by atoms with Gasteiger partial charge in [-0.3, -0.25) is 0 Å². The van der Waals surface area contributed by atoms with Crippen LogP contribution in [0.4, 0.5) is 0 Å². The van der Waals surface area contributed by atoms with Gasteiger partial charge in [-0.15, -0.1) is 0 Å². The number of rotatable bonds is 4. The van der Waals surface area contributed by atoms with Gasteiger partial charge in [-0.2, -0.15) is 0 Å². The van der Waals surface area contributed by atoms with E-state index in [4.69, 9.17) is 0 Å². The van der Waals surface area contributed by atoms with Crippen LogP contribution in [-0.4, -0.2) is 37.6 Å². The molecule has 2 unspecified atom stereocenters. The summed E-state index contributed by atoms with van der Waals surface area (Å²) in [7, 11) is 2.31. The van der Waals surface area contributed by atoms with Crippen molar-refractivity contribution in [2.45, 2.75) is 51.5 Å². The maximum absolute atomic E-state index is 3.63. The zero-order chi connectivity index (χ0) is 11.4. The first kappa shape index (κ1) is 12.4. The van der Waals surface area contributed by atoms with Crippen LogP contribution in [0.3, 0.4) is 0 Å². The Bertz CT molecular complexity index is 199. The Labute approximate surface area is 101 Å². The van der Waals surface area contributed by atoms with Gasteiger partial charge in [0.05, 0.1) is 0 Å². The highest BCUT2D eigenvalue weighted by Crippen LogP contribution is 2.24. The minimum absolute atomic E-state index is 0.744. The SMILES string of the molecule is CC1CCNC1CN(C)CC1CCCCC1. The molecule has 1 saturated heterocycles. The van der Waals surface area contributed by atoms with E-state index < -0.39 is 0 Å². The standard InChI is InChI=1S/C14H28N2/c1-12-8-9-15-14(12)11-16(2)10-13-6-4-3-5-7-13/h12-15H,3-11H2,1-2H3. The lowest BCUT2D eigenvalue weighted by atomic mass is 9.89. The molecule has 0 aromatic carbocycles. The van der Waals surface area contributed by atoms with Gasteiger partial charge < -0.3 is 10.2 Å². The maximum Gasteiger partial charge on any atom is 0.0220 e. The molecule has 2 atom stereocenters. The van der Waals surface area contributed by atoms with Crippen LogP contribution in [0.5, 0.6) is 0 Å². The zero-order valence-electron chi connectivity index (χ0n) is 11.0. The summed E-state index contributed by atoms with van der Waals surface area (Å²) < 4.78 is 0. The van der Waals surface area contributed by atoms with Crippen molar-refractivity contribution in [1.29, 1.82) is 0 Å². The van der Waals surface area contributed by atoms with E-state index in [0.29, 0.717) is 0 Å². The van der Waals surface area contributed by atoms with Crippen LogP contribution in [0.25, 0.3) is 0 Å². The highest BCUT2D eigenvalue weighted by molar-refractivity contribution is 4.83. The second-order valence-electron chi connectivity index (χ2n) is 6.05. The minimum atomic E-state index is 0.744. The van der Waals surface area contributed by atoms with Gasteiger partial charge in [0.2, 0.25) is 0 Å². The summed E-state index contributed by atoms with van der Waals surface area (Å²) in [5.41, 5.74) is 0. The Morgan fingerprint density at radius 1 is 1.06 bits per heavy atom. The monoisotopic (exact) mass is 224 g/mol. The van der Waals surface area contributed by atoms with E-state index in [-0.39, 0.29) is 0 Å². The fourth-order valence-corrected chi connectivity index (χ4v) is 3.36. The Kier molecular flexibility index (Phi) is 4.66. The molecule has 2 rings (SSSR count). The molecule has 1 N–H and O–H groups in total. The minimum Gasteiger partial charge on any atom is -0.312 e. The number of nitrogens with one attached hydrogen (secondary N) is 1. The first-order valence-corrected chi connectivity index (χ1v) is 7.17. The zero-order valence-corrected chi connectivity index (χ0v) is 11.0. The summed E-state index contributed by atoms with van der Waals surface area (Å²) in [5.74, 6) is 1.85. The van der Waals surface area contributed by atoms with Crippen LogP contribution in [-0.2, 0) is 0 Å². The smallest absolute Gasteiger partial charge is 0.0220 e. The third-order valence-corrected chi connectivity index (χ3v) is 4.50. The summed E-state index contributed by atoms with van der Waals surface area (Å²) in [4.78, 5) is 2.56. The Morgan fingerprint density at radius 2 is 1.81 bits per heavy atom. The van der Waals surface area contributed by atoms with Crippen molar-refractivity contribution in [2.75, 3.05) is 26.7 Å². The molecule has 2 fully saturated rings. The number of hydrogen-bond acceptors (Lipinski definition) is 2. The van der Waals surface area contributed by atoms with Gasteiger partial charge in [0.25, 0.3) is 0 Å². The van der Waals surface area contributed by atoms with Crippen LogP contribution in [0.1, 0.15) is 45.4 Å². The summed E-state index contributed by atoms with van der Waals surface area (Å²) in [6.07, 6.45) is 8.71. The van der Waals surface area contributed by atoms with E-state index in [1.54, 1.807) is 0 Å². The second-order valence-corrected chi connectivity index (χ2v) is 6.05. The fourth-order valence-electron chi connectivity index (χ4n) is 3.36. The third kappa shape index (κ3) is 3.46. The predicted molar refractivity (Wildman–Crippen MR) is 69.6 cm³/mol. The van der Waals surface area contributed by atoms with Crippen LogP contribution < -0.4 is 5.32 Å². The van der Waals surface area contributed by atoms with Crippen LogP contribution in [0.15, 0.2) is 0 Å². The lowest BCUT2D eigenvalue weighted by molar-refractivity contribution is 0.210. The molecule has 0 amide bonds. The average molecular weight is 224 g/mol. The Balaban J connectivity index is 1.68. The van der Waals surface area contributed by atoms with Crippen LogP contribution in [0, 0.1) is 11.8 Å². The highest BCUT2D eigenvalue weighted by atomic mass is 15.1. The number of hydrogen-bond donors (Lipinski definition) is 1. The summed E-state index contributed by atoms with van der Waals surface area (Å²) in [6.45, 7) is 6.19. The molecule has 1 saturated carbocycles. The molecule has 0 spiro atoms. The van der Waals surface area contributed by atoms with Crippen LogP contribution >= 0.6 is 0 Å². The number of nitrogens with zero attached hydrogens (tertiary/aromatic N) is 1. The van der Waals surface area contributed by atoms with Gasteiger partial charge >= 0.3 is 0 Å². The van der Waals surface area contributed by atoms with Crippen molar-refractivity contribution in [1.82, 2.24) is 10.2 Å². The second kappa shape index (κ2) is 6.02. The van der Waals surface area contributed by atoms with Gasteiger partial charge in [-0.05, 0) is 44.7 Å². The van der Waals surface area contributed by atoms with Crippen molar-refractivity contribution in [2.24, 2.45) is 11.8 Å². The quantitative estimate of drug-likeness (QED) is 0.789. The highest BCUT2D eigenvalue weighted by Gasteiger charge is 2.24. The summed E-state index contributed by atoms with van der Waals surface area (Å²) in [5, 5.41) is 3.63. The van der Waals surface area contributed by atoms with Gasteiger partial charge in [-0.1, -0.05) is 26.2 Å². The van der Waals surface area contributed by atoms with Crippen molar-refractivity contribution in [3.8, 4) is 0 Å². The van der Waals surface area contributed by atoms with Crippen molar-refractivity contribution in [3.63, 3.8) is 0 Å². The molecule has 0 aromatic rings. The summed E-state index contributed by atoms with van der Waals surface area (Å²) in [6, 6.07) is 0.744. The molecule has 2 nitrogen and oxygen atoms in total. The largest absolute Gasteiger partial charge is 0.312 e. The molecule has 2 heteroatoms. The van der Waals surface area contributed by atoms with Gasteiger partial charge in [-0.25, -0.2) is 0 Å². The molecule has 1 heterocycles. The Morgan fingerprint density at radius 3 is 2.44 bits per heavy atom. The van der Waals surface area contributed by atoms with Gasteiger partial charge in [0.15, 0.2) is 0 Å². The van der Waals surface area contributed by atoms with E-state index in [0.717, 1.165) is 17.9 Å². The van der Waals surface area contributed by atoms with E-state index in [2.05, 4.69) is 24.2 Å². The van der Waals surface area contributed by atoms with Crippen molar-refractivity contribution < 1.29 is 0 Å². The maximum atomic E-state index is 3.63. The lowest BCUT2D eigenvalue weighted by Gasteiger charge is -2.29. The molecule has 0 radical (unpaired) electrons. The molecule has 94 valence electrons. The van der Waals surface area contributed by atoms with Gasteiger partial charge in [0, 0.05) is 19.1 Å². The average Bonchev–Trinajstić information content (AvgIpc) is 2.66. The topological polar surface area (TPSA) is 15.3 Å². The molecule has 0 bridgehead atoms. The fraction of sp³-hybridized carbons (Fsp3) is 1.00. The van der Waals surface area contributed by atoms with Crippen LogP contribution in [0.2, 0.25) is 0 Å². The first-order valence-electron chi connectivity index (χ1n) is 7.17. The molecular weight excluding hydrogens is 196 g/mol. The molecule has 2 aliphatic rings. The van der Waals surface area contributed by atoms with Crippen molar-refractivity contribution >= 4 is 0 Å². The third-order valence-electron chi connectivity index (χ3n) is 4.50. The van der Waals surface area contributed by atoms with E-state index in [9.17, 15) is 0 Å². The molecular formula is C14H28N2. The lowest BCUT2D eigenvalue weighted by Crippen LogP contribution is -2.40. The molecule has 0 aromatic heterocycles. The Hall–Kier alpha value is -0.0800. The number of likely N-dealkylation sites (N-methyl/N-ethyl adjacent to an activating group) is 1. The predicted octanol–water partition coefficient (Wildman–Crippen LogP) is 2.50. The van der Waals surface area contributed by atoms with Crippen molar-refractivity contribution in [3.05, 3.63) is 0 Å². The molecule has 16 heavy (non-hydrogen) atoms. The normalized spacial score (nSPS) is 32.4. The van der Waals surface area contributed by atoms with E-state index in [1.807, 2.05) is 0 Å². The molecule has 1 aliphatic heterocycles.